The lowest BCUT2D eigenvalue weighted by Crippen LogP contribution is -2.52. The molecule has 0 saturated heterocycles. The van der Waals surface area contributed by atoms with Gasteiger partial charge in [-0.15, -0.1) is 12.4 Å². The third-order valence-corrected chi connectivity index (χ3v) is 3.84. The standard InChI is InChI=1S/C15H20F2N2O2.ClH/c1-19(13(20)15(18)8-2-3-9-15)10-11-4-6-12(7-5-11)21-14(16)17;/h4-7,14H,2-3,8-10,18H2,1H3;1H. The van der Waals surface area contributed by atoms with Gasteiger partial charge in [0.1, 0.15) is 5.75 Å². The quantitative estimate of drug-likeness (QED) is 0.900. The number of carbonyl (C=O) groups excluding carboxylic acids is 1. The molecule has 0 aromatic heterocycles. The number of hydrogen-bond donors (Lipinski definition) is 1. The Labute approximate surface area is 135 Å². The van der Waals surface area contributed by atoms with Gasteiger partial charge in [-0.2, -0.15) is 8.78 Å². The molecule has 0 bridgehead atoms. The average molecular weight is 335 g/mol. The number of halogens is 3. The molecule has 0 radical (unpaired) electrons. The van der Waals surface area contributed by atoms with E-state index < -0.39 is 12.2 Å². The van der Waals surface area contributed by atoms with E-state index >= 15 is 0 Å². The van der Waals surface area contributed by atoms with Crippen molar-refractivity contribution in [2.45, 2.75) is 44.4 Å². The number of amides is 1. The van der Waals surface area contributed by atoms with Gasteiger partial charge in [0.05, 0.1) is 5.54 Å². The number of ether oxygens (including phenoxy) is 1. The van der Waals surface area contributed by atoms with E-state index in [9.17, 15) is 13.6 Å². The Kier molecular flexibility index (Phi) is 6.56. The molecule has 1 aliphatic carbocycles. The number of nitrogens with zero attached hydrogens (tertiary/aromatic N) is 1. The number of carbonyl (C=O) groups is 1. The minimum absolute atomic E-state index is 0. The summed E-state index contributed by atoms with van der Waals surface area (Å²) in [6.45, 7) is -2.44. The van der Waals surface area contributed by atoms with E-state index in [-0.39, 0.29) is 24.1 Å². The summed E-state index contributed by atoms with van der Waals surface area (Å²) in [7, 11) is 1.71. The van der Waals surface area contributed by atoms with Crippen LogP contribution in [0.2, 0.25) is 0 Å². The van der Waals surface area contributed by atoms with E-state index in [1.54, 1.807) is 24.1 Å². The largest absolute Gasteiger partial charge is 0.435 e. The smallest absolute Gasteiger partial charge is 0.387 e. The molecule has 124 valence electrons. The summed E-state index contributed by atoms with van der Waals surface area (Å²) < 4.78 is 28.4. The monoisotopic (exact) mass is 334 g/mol. The normalized spacial score (nSPS) is 16.2. The molecule has 4 nitrogen and oxygen atoms in total. The fraction of sp³-hybridized carbons (Fsp3) is 0.533. The van der Waals surface area contributed by atoms with E-state index in [4.69, 9.17) is 5.73 Å². The first-order chi connectivity index (χ1) is 9.90. The van der Waals surface area contributed by atoms with Crippen molar-refractivity contribution in [2.75, 3.05) is 7.05 Å². The second-order valence-electron chi connectivity index (χ2n) is 5.55. The van der Waals surface area contributed by atoms with Gasteiger partial charge in [-0.25, -0.2) is 0 Å². The molecule has 7 heteroatoms. The highest BCUT2D eigenvalue weighted by atomic mass is 35.5. The Morgan fingerprint density at radius 3 is 2.36 bits per heavy atom. The SMILES string of the molecule is CN(Cc1ccc(OC(F)F)cc1)C(=O)C1(N)CCCC1.Cl. The predicted molar refractivity (Wildman–Crippen MR) is 82.2 cm³/mol. The molecule has 0 atom stereocenters. The van der Waals surface area contributed by atoms with E-state index in [0.717, 1.165) is 31.2 Å². The molecular formula is C15H21ClF2N2O2. The molecule has 2 rings (SSSR count). The molecule has 1 aliphatic rings. The van der Waals surface area contributed by atoms with E-state index in [0.29, 0.717) is 6.54 Å². The van der Waals surface area contributed by atoms with Gasteiger partial charge in [0.25, 0.3) is 0 Å². The predicted octanol–water partition coefficient (Wildman–Crippen LogP) is 2.94. The molecule has 2 N–H and O–H groups in total. The Balaban J connectivity index is 0.00000242. The first kappa shape index (κ1) is 18.6. The Bertz CT molecular complexity index is 491. The third-order valence-electron chi connectivity index (χ3n) is 3.84. The van der Waals surface area contributed by atoms with Crippen molar-refractivity contribution in [3.8, 4) is 5.75 Å². The molecule has 0 aliphatic heterocycles. The second kappa shape index (κ2) is 7.74. The lowest BCUT2D eigenvalue weighted by molar-refractivity contribution is -0.136. The van der Waals surface area contributed by atoms with Gasteiger partial charge < -0.3 is 15.4 Å². The maximum atomic E-state index is 12.4. The molecule has 0 spiro atoms. The highest BCUT2D eigenvalue weighted by Crippen LogP contribution is 2.29. The van der Waals surface area contributed by atoms with Crippen molar-refractivity contribution in [1.82, 2.24) is 4.90 Å². The molecule has 1 saturated carbocycles. The van der Waals surface area contributed by atoms with E-state index in [1.165, 1.54) is 12.1 Å². The minimum atomic E-state index is -2.83. The van der Waals surface area contributed by atoms with Gasteiger partial charge in [-0.1, -0.05) is 25.0 Å². The molecule has 1 aromatic rings. The zero-order valence-corrected chi connectivity index (χ0v) is 13.2. The van der Waals surface area contributed by atoms with Crippen molar-refractivity contribution in [3.63, 3.8) is 0 Å². The Hall–Kier alpha value is -1.40. The van der Waals surface area contributed by atoms with Crippen molar-refractivity contribution in [3.05, 3.63) is 29.8 Å². The first-order valence-corrected chi connectivity index (χ1v) is 6.99. The van der Waals surface area contributed by atoms with Crippen LogP contribution in [0.4, 0.5) is 8.78 Å². The topological polar surface area (TPSA) is 55.6 Å². The van der Waals surface area contributed by atoms with Crippen LogP contribution in [0, 0.1) is 0 Å². The summed E-state index contributed by atoms with van der Waals surface area (Å²) in [6.07, 6.45) is 3.40. The molecule has 22 heavy (non-hydrogen) atoms. The number of nitrogens with two attached hydrogens (primary N) is 1. The third kappa shape index (κ3) is 4.55. The maximum Gasteiger partial charge on any atom is 0.387 e. The molecule has 1 fully saturated rings. The van der Waals surface area contributed by atoms with Crippen LogP contribution in [-0.4, -0.2) is 30.0 Å². The lowest BCUT2D eigenvalue weighted by Gasteiger charge is -2.28. The van der Waals surface area contributed by atoms with Crippen LogP contribution in [-0.2, 0) is 11.3 Å². The van der Waals surface area contributed by atoms with Crippen LogP contribution < -0.4 is 10.5 Å². The molecule has 0 heterocycles. The van der Waals surface area contributed by atoms with Gasteiger partial charge >= 0.3 is 6.61 Å². The van der Waals surface area contributed by atoms with Gasteiger partial charge in [-0.3, -0.25) is 4.79 Å². The Morgan fingerprint density at radius 2 is 1.86 bits per heavy atom. The van der Waals surface area contributed by atoms with Crippen LogP contribution in [0.25, 0.3) is 0 Å². The van der Waals surface area contributed by atoms with E-state index in [2.05, 4.69) is 4.74 Å². The van der Waals surface area contributed by atoms with Crippen LogP contribution in [0.5, 0.6) is 5.75 Å². The molecule has 1 aromatic carbocycles. The summed E-state index contributed by atoms with van der Waals surface area (Å²) in [5, 5.41) is 0. The average Bonchev–Trinajstić information content (AvgIpc) is 2.87. The molecule has 0 unspecified atom stereocenters. The van der Waals surface area contributed by atoms with Crippen molar-refractivity contribution < 1.29 is 18.3 Å². The Morgan fingerprint density at radius 1 is 1.32 bits per heavy atom. The lowest BCUT2D eigenvalue weighted by atomic mass is 9.97. The fourth-order valence-electron chi connectivity index (χ4n) is 2.72. The number of benzene rings is 1. The highest BCUT2D eigenvalue weighted by molar-refractivity contribution is 5.86. The zero-order valence-electron chi connectivity index (χ0n) is 12.4. The van der Waals surface area contributed by atoms with Crippen molar-refractivity contribution in [1.29, 1.82) is 0 Å². The summed E-state index contributed by atoms with van der Waals surface area (Å²) in [5.74, 6) is 0.0433. The second-order valence-corrected chi connectivity index (χ2v) is 5.55. The van der Waals surface area contributed by atoms with Crippen LogP contribution >= 0.6 is 12.4 Å². The highest BCUT2D eigenvalue weighted by Gasteiger charge is 2.38. The fourth-order valence-corrected chi connectivity index (χ4v) is 2.72. The van der Waals surface area contributed by atoms with Gasteiger partial charge in [0.15, 0.2) is 0 Å². The van der Waals surface area contributed by atoms with Crippen molar-refractivity contribution in [2.24, 2.45) is 5.73 Å². The zero-order chi connectivity index (χ0) is 15.5. The number of likely N-dealkylation sites (N-methyl/N-ethyl adjacent to an activating group) is 1. The number of rotatable bonds is 5. The number of alkyl halides is 2. The maximum absolute atomic E-state index is 12.4. The molecular weight excluding hydrogens is 314 g/mol. The van der Waals surface area contributed by atoms with Crippen LogP contribution in [0.3, 0.4) is 0 Å². The minimum Gasteiger partial charge on any atom is -0.435 e. The summed E-state index contributed by atoms with van der Waals surface area (Å²) in [6, 6.07) is 6.26. The van der Waals surface area contributed by atoms with Crippen molar-refractivity contribution >= 4 is 18.3 Å². The van der Waals surface area contributed by atoms with Gasteiger partial charge in [-0.05, 0) is 30.5 Å². The summed E-state index contributed by atoms with van der Waals surface area (Å²) >= 11 is 0. The summed E-state index contributed by atoms with van der Waals surface area (Å²) in [4.78, 5) is 14.0. The van der Waals surface area contributed by atoms with Gasteiger partial charge in [0, 0.05) is 13.6 Å². The first-order valence-electron chi connectivity index (χ1n) is 6.99. The van der Waals surface area contributed by atoms with Crippen LogP contribution in [0.15, 0.2) is 24.3 Å². The molecule has 1 amide bonds. The van der Waals surface area contributed by atoms with E-state index in [1.807, 2.05) is 0 Å². The number of hydrogen-bond acceptors (Lipinski definition) is 3. The van der Waals surface area contributed by atoms with Gasteiger partial charge in [0.2, 0.25) is 5.91 Å². The summed E-state index contributed by atoms with van der Waals surface area (Å²) in [5.41, 5.74) is 6.24. The van der Waals surface area contributed by atoms with Crippen LogP contribution in [0.1, 0.15) is 31.2 Å².